The Morgan fingerprint density at radius 3 is 2.60 bits per heavy atom. The molecule has 0 bridgehead atoms. The monoisotopic (exact) mass is 354 g/mol. The largest absolute Gasteiger partial charge is 0.488 e. The summed E-state index contributed by atoms with van der Waals surface area (Å²) in [7, 11) is 0. The van der Waals surface area contributed by atoms with Crippen LogP contribution >= 0.6 is 27.5 Å². The minimum absolute atomic E-state index is 0.0820. The van der Waals surface area contributed by atoms with Gasteiger partial charge in [-0.3, -0.25) is 0 Å². The number of rotatable bonds is 4. The van der Waals surface area contributed by atoms with Crippen LogP contribution in [0.3, 0.4) is 0 Å². The fourth-order valence-electron chi connectivity index (χ4n) is 1.66. The predicted molar refractivity (Wildman–Crippen MR) is 82.4 cm³/mol. The molecule has 2 aromatic carbocycles. The topological polar surface area (TPSA) is 67.8 Å². The highest BCUT2D eigenvalue weighted by atomic mass is 79.9. The van der Waals surface area contributed by atoms with Crippen molar-refractivity contribution >= 4 is 33.4 Å². The number of oxime groups is 1. The molecule has 0 saturated carbocycles. The van der Waals surface area contributed by atoms with Gasteiger partial charge in [-0.15, -0.1) is 0 Å². The number of hydrogen-bond acceptors (Lipinski definition) is 3. The van der Waals surface area contributed by atoms with Crippen LogP contribution in [-0.2, 0) is 6.61 Å². The highest BCUT2D eigenvalue weighted by Crippen LogP contribution is 2.27. The van der Waals surface area contributed by atoms with Crippen LogP contribution in [0.15, 0.2) is 52.1 Å². The second-order valence-corrected chi connectivity index (χ2v) is 5.34. The van der Waals surface area contributed by atoms with E-state index in [1.54, 1.807) is 18.2 Å². The summed E-state index contributed by atoms with van der Waals surface area (Å²) in [5, 5.41) is 12.1. The van der Waals surface area contributed by atoms with Gasteiger partial charge in [0.25, 0.3) is 0 Å². The number of ether oxygens (including phenoxy) is 1. The van der Waals surface area contributed by atoms with E-state index in [9.17, 15) is 0 Å². The second-order valence-electron chi connectivity index (χ2n) is 4.01. The van der Waals surface area contributed by atoms with Crippen molar-refractivity contribution in [1.29, 1.82) is 0 Å². The number of nitrogens with two attached hydrogens (primary N) is 1. The van der Waals surface area contributed by atoms with Gasteiger partial charge >= 0.3 is 0 Å². The van der Waals surface area contributed by atoms with Crippen molar-refractivity contribution in [2.75, 3.05) is 0 Å². The fraction of sp³-hybridized carbons (Fsp3) is 0.0714. The van der Waals surface area contributed by atoms with Gasteiger partial charge in [-0.2, -0.15) is 0 Å². The van der Waals surface area contributed by atoms with E-state index < -0.39 is 0 Å². The van der Waals surface area contributed by atoms with Crippen molar-refractivity contribution in [2.24, 2.45) is 10.9 Å². The van der Waals surface area contributed by atoms with E-state index in [-0.39, 0.29) is 5.84 Å². The average Bonchev–Trinajstić information content (AvgIpc) is 2.46. The van der Waals surface area contributed by atoms with Crippen molar-refractivity contribution in [3.8, 4) is 5.75 Å². The predicted octanol–water partition coefficient (Wildman–Crippen LogP) is 3.78. The van der Waals surface area contributed by atoms with Crippen LogP contribution in [0.5, 0.6) is 5.75 Å². The maximum Gasteiger partial charge on any atom is 0.175 e. The summed E-state index contributed by atoms with van der Waals surface area (Å²) in [4.78, 5) is 0. The molecule has 2 rings (SSSR count). The highest BCUT2D eigenvalue weighted by molar-refractivity contribution is 9.10. The number of hydrogen-bond donors (Lipinski definition) is 2. The number of halogens is 2. The maximum atomic E-state index is 8.80. The molecule has 0 amide bonds. The van der Waals surface area contributed by atoms with Crippen molar-refractivity contribution in [3.63, 3.8) is 0 Å². The van der Waals surface area contributed by atoms with Crippen LogP contribution in [0.1, 0.15) is 11.1 Å². The van der Waals surface area contributed by atoms with Gasteiger partial charge in [0.05, 0.1) is 10.6 Å². The van der Waals surface area contributed by atoms with E-state index in [1.807, 2.05) is 24.3 Å². The smallest absolute Gasteiger partial charge is 0.175 e. The van der Waals surface area contributed by atoms with Gasteiger partial charge in [-0.05, 0) is 29.8 Å². The summed E-state index contributed by atoms with van der Waals surface area (Å²) in [6, 6.07) is 12.9. The van der Waals surface area contributed by atoms with Crippen molar-refractivity contribution in [2.45, 2.75) is 6.61 Å². The lowest BCUT2D eigenvalue weighted by Crippen LogP contribution is -2.15. The molecule has 6 heteroatoms. The fourth-order valence-corrected chi connectivity index (χ4v) is 2.19. The highest BCUT2D eigenvalue weighted by Gasteiger charge is 2.12. The van der Waals surface area contributed by atoms with Crippen molar-refractivity contribution < 1.29 is 9.94 Å². The Balaban J connectivity index is 2.21. The van der Waals surface area contributed by atoms with Gasteiger partial charge in [0.1, 0.15) is 12.4 Å². The molecule has 0 unspecified atom stereocenters. The maximum absolute atomic E-state index is 8.80. The van der Waals surface area contributed by atoms with E-state index in [2.05, 4.69) is 21.1 Å². The Labute approximate surface area is 129 Å². The van der Waals surface area contributed by atoms with E-state index in [1.165, 1.54) is 0 Å². The van der Waals surface area contributed by atoms with E-state index >= 15 is 0 Å². The third-order valence-electron chi connectivity index (χ3n) is 2.65. The zero-order valence-corrected chi connectivity index (χ0v) is 12.7. The lowest BCUT2D eigenvalue weighted by Gasteiger charge is -2.12. The van der Waals surface area contributed by atoms with E-state index in [0.717, 1.165) is 10.0 Å². The third-order valence-corrected chi connectivity index (χ3v) is 3.49. The molecule has 0 aliphatic heterocycles. The number of nitrogens with zero attached hydrogens (tertiary/aromatic N) is 1. The van der Waals surface area contributed by atoms with Crippen LogP contribution in [-0.4, -0.2) is 11.0 Å². The lowest BCUT2D eigenvalue weighted by atomic mass is 10.2. The minimum Gasteiger partial charge on any atom is -0.488 e. The first-order valence-electron chi connectivity index (χ1n) is 5.75. The minimum atomic E-state index is -0.0820. The number of benzene rings is 2. The second kappa shape index (κ2) is 6.63. The van der Waals surface area contributed by atoms with Crippen LogP contribution in [0, 0.1) is 0 Å². The molecule has 2 aromatic rings. The van der Waals surface area contributed by atoms with E-state index in [4.69, 9.17) is 27.3 Å². The molecule has 0 aromatic heterocycles. The molecule has 0 spiro atoms. The lowest BCUT2D eigenvalue weighted by molar-refractivity contribution is 0.303. The first kappa shape index (κ1) is 14.7. The van der Waals surface area contributed by atoms with Gasteiger partial charge in [0.2, 0.25) is 0 Å². The van der Waals surface area contributed by atoms with Crippen molar-refractivity contribution in [1.82, 2.24) is 0 Å². The van der Waals surface area contributed by atoms with Crippen LogP contribution < -0.4 is 10.5 Å². The quantitative estimate of drug-likeness (QED) is 0.379. The third kappa shape index (κ3) is 3.43. The van der Waals surface area contributed by atoms with Gasteiger partial charge in [0, 0.05) is 4.47 Å². The standard InChI is InChI=1S/C14H12BrClN2O2/c15-10-6-4-9(5-7-10)8-20-12-3-1-2-11(16)13(12)14(17)18-19/h1-7,19H,8H2,(H2,17,18). The van der Waals surface area contributed by atoms with E-state index in [0.29, 0.717) is 22.9 Å². The van der Waals surface area contributed by atoms with Gasteiger partial charge in [-0.25, -0.2) is 0 Å². The molecule has 0 radical (unpaired) electrons. The molecule has 3 N–H and O–H groups in total. The molecule has 0 fully saturated rings. The zero-order chi connectivity index (χ0) is 14.5. The SMILES string of the molecule is N/C(=N/O)c1c(Cl)cccc1OCc1ccc(Br)cc1. The molecule has 0 heterocycles. The Morgan fingerprint density at radius 2 is 1.95 bits per heavy atom. The summed E-state index contributed by atoms with van der Waals surface area (Å²) in [5.41, 5.74) is 7.00. The Kier molecular flexibility index (Phi) is 4.87. The Hall–Kier alpha value is -1.72. The van der Waals surface area contributed by atoms with Gasteiger partial charge in [-0.1, -0.05) is 50.9 Å². The molecule has 0 aliphatic carbocycles. The Morgan fingerprint density at radius 1 is 1.25 bits per heavy atom. The molecule has 104 valence electrons. The van der Waals surface area contributed by atoms with Crippen LogP contribution in [0.4, 0.5) is 0 Å². The summed E-state index contributed by atoms with van der Waals surface area (Å²) in [5.74, 6) is 0.386. The van der Waals surface area contributed by atoms with Crippen LogP contribution in [0.25, 0.3) is 0 Å². The molecule has 0 atom stereocenters. The van der Waals surface area contributed by atoms with Gasteiger partial charge < -0.3 is 15.7 Å². The zero-order valence-electron chi connectivity index (χ0n) is 10.4. The van der Waals surface area contributed by atoms with Crippen molar-refractivity contribution in [3.05, 3.63) is 63.1 Å². The average molecular weight is 356 g/mol. The first-order chi connectivity index (χ1) is 9.61. The molecular formula is C14H12BrClN2O2. The van der Waals surface area contributed by atoms with Gasteiger partial charge in [0.15, 0.2) is 5.84 Å². The number of amidine groups is 1. The molecule has 20 heavy (non-hydrogen) atoms. The normalized spacial score (nSPS) is 11.4. The summed E-state index contributed by atoms with van der Waals surface area (Å²) >= 11 is 9.42. The summed E-state index contributed by atoms with van der Waals surface area (Å²) in [6.07, 6.45) is 0. The summed E-state index contributed by atoms with van der Waals surface area (Å²) in [6.45, 7) is 0.360. The first-order valence-corrected chi connectivity index (χ1v) is 6.92. The molecule has 4 nitrogen and oxygen atoms in total. The Bertz CT molecular complexity index is 630. The van der Waals surface area contributed by atoms with Crippen LogP contribution in [0.2, 0.25) is 5.02 Å². The molecule has 0 aliphatic rings. The molecular weight excluding hydrogens is 344 g/mol. The summed E-state index contributed by atoms with van der Waals surface area (Å²) < 4.78 is 6.70. The molecule has 0 saturated heterocycles.